The van der Waals surface area contributed by atoms with Gasteiger partial charge in [0.15, 0.2) is 5.78 Å². The van der Waals surface area contributed by atoms with Gasteiger partial charge in [-0.2, -0.15) is 5.26 Å². The number of nitriles is 1. The summed E-state index contributed by atoms with van der Waals surface area (Å²) >= 11 is 1.63. The lowest BCUT2D eigenvalue weighted by Gasteiger charge is -2.10. The number of hydrogen-bond donors (Lipinski definition) is 1. The van der Waals surface area contributed by atoms with E-state index in [1.807, 2.05) is 37.3 Å². The van der Waals surface area contributed by atoms with Crippen molar-refractivity contribution >= 4 is 22.8 Å². The van der Waals surface area contributed by atoms with Gasteiger partial charge in [-0.1, -0.05) is 30.3 Å². The third-order valence-electron chi connectivity index (χ3n) is 3.88. The fourth-order valence-corrected chi connectivity index (χ4v) is 3.55. The van der Waals surface area contributed by atoms with Crippen molar-refractivity contribution in [2.45, 2.75) is 20.4 Å². The average Bonchev–Trinajstić information content (AvgIpc) is 3.01. The topological polar surface area (TPSA) is 65.8 Å². The van der Waals surface area contributed by atoms with Gasteiger partial charge in [0, 0.05) is 21.7 Å². The molecule has 1 aromatic heterocycles. The zero-order chi connectivity index (χ0) is 17.8. The third kappa shape index (κ3) is 3.76. The van der Waals surface area contributed by atoms with Crippen LogP contribution in [-0.4, -0.2) is 10.8 Å². The summed E-state index contributed by atoms with van der Waals surface area (Å²) in [4.78, 5) is 17.6. The molecule has 1 N–H and O–H groups in total. The highest BCUT2D eigenvalue weighted by atomic mass is 32.1. The van der Waals surface area contributed by atoms with E-state index < -0.39 is 0 Å². The van der Waals surface area contributed by atoms with Crippen LogP contribution in [0.15, 0.2) is 48.5 Å². The molecule has 0 fully saturated rings. The van der Waals surface area contributed by atoms with E-state index in [0.717, 1.165) is 21.1 Å². The van der Waals surface area contributed by atoms with Crippen molar-refractivity contribution in [3.05, 3.63) is 70.2 Å². The number of ketones is 1. The molecule has 0 unspecified atom stereocenters. The number of carbonyl (C=O) groups excluding carboxylic acids is 1. The summed E-state index contributed by atoms with van der Waals surface area (Å²) in [6.07, 6.45) is 0. The van der Waals surface area contributed by atoms with Crippen molar-refractivity contribution in [3.63, 3.8) is 0 Å². The molecule has 0 bridgehead atoms. The number of nitrogens with one attached hydrogen (secondary N) is 1. The highest BCUT2D eigenvalue weighted by Crippen LogP contribution is 2.29. The Labute approximate surface area is 150 Å². The molecule has 0 aliphatic rings. The molecule has 0 spiro atoms. The summed E-state index contributed by atoms with van der Waals surface area (Å²) in [5.41, 5.74) is 3.86. The fourth-order valence-electron chi connectivity index (χ4n) is 2.54. The average molecular weight is 347 g/mol. The summed E-state index contributed by atoms with van der Waals surface area (Å²) in [5, 5.41) is 13.3. The molecule has 0 amide bonds. The zero-order valence-corrected chi connectivity index (χ0v) is 14.9. The Morgan fingerprint density at radius 2 is 2.00 bits per heavy atom. The molecule has 2 aromatic carbocycles. The third-order valence-corrected chi connectivity index (χ3v) is 5.09. The number of benzene rings is 2. The smallest absolute Gasteiger partial charge is 0.161 e. The molecule has 0 radical (unpaired) electrons. The second-order valence-corrected chi connectivity index (χ2v) is 6.76. The number of Topliss-reactive ketones (excluding diaryl/α,β-unsaturated/α-hetero) is 1. The molecule has 0 saturated carbocycles. The van der Waals surface area contributed by atoms with E-state index in [0.29, 0.717) is 23.4 Å². The Morgan fingerprint density at radius 3 is 2.68 bits per heavy atom. The number of nitrogens with zero attached hydrogens (tertiary/aromatic N) is 2. The van der Waals surface area contributed by atoms with Crippen molar-refractivity contribution in [3.8, 4) is 16.6 Å². The van der Waals surface area contributed by atoms with Crippen molar-refractivity contribution in [1.29, 1.82) is 5.26 Å². The maximum absolute atomic E-state index is 11.8. The molecule has 124 valence electrons. The Hall–Kier alpha value is -2.97. The Bertz CT molecular complexity index is 955. The number of thiazole rings is 1. The molecular formula is C20H17N3OS. The van der Waals surface area contributed by atoms with Crippen LogP contribution in [-0.2, 0) is 6.54 Å². The van der Waals surface area contributed by atoms with Crippen molar-refractivity contribution < 1.29 is 4.79 Å². The number of anilines is 1. The van der Waals surface area contributed by atoms with Crippen molar-refractivity contribution in [1.82, 2.24) is 4.98 Å². The normalized spacial score (nSPS) is 10.3. The van der Waals surface area contributed by atoms with Crippen LogP contribution in [0.2, 0.25) is 0 Å². The van der Waals surface area contributed by atoms with E-state index in [1.54, 1.807) is 29.5 Å². The van der Waals surface area contributed by atoms with Gasteiger partial charge in [-0.05, 0) is 32.0 Å². The number of rotatable bonds is 5. The first-order valence-electron chi connectivity index (χ1n) is 7.89. The first kappa shape index (κ1) is 16.9. The first-order valence-corrected chi connectivity index (χ1v) is 8.71. The Balaban J connectivity index is 1.84. The maximum Gasteiger partial charge on any atom is 0.161 e. The minimum atomic E-state index is -0.0296. The molecule has 5 heteroatoms. The molecule has 1 heterocycles. The van der Waals surface area contributed by atoms with E-state index in [9.17, 15) is 4.79 Å². The van der Waals surface area contributed by atoms with Crippen molar-refractivity contribution in [2.24, 2.45) is 0 Å². The quantitative estimate of drug-likeness (QED) is 0.673. The molecule has 3 aromatic rings. The zero-order valence-electron chi connectivity index (χ0n) is 14.0. The number of aromatic nitrogens is 1. The SMILES string of the molecule is CC(=O)c1ccc(C#N)cc1NCc1sc(-c2ccccc2)nc1C. The Kier molecular flexibility index (Phi) is 4.92. The van der Waals surface area contributed by atoms with Gasteiger partial charge < -0.3 is 5.32 Å². The Morgan fingerprint density at radius 1 is 1.24 bits per heavy atom. The number of aryl methyl sites for hydroxylation is 1. The highest BCUT2D eigenvalue weighted by Gasteiger charge is 2.12. The van der Waals surface area contributed by atoms with Crippen LogP contribution in [0.25, 0.3) is 10.6 Å². The first-order chi connectivity index (χ1) is 12.1. The molecule has 0 saturated heterocycles. The molecule has 0 aliphatic heterocycles. The highest BCUT2D eigenvalue weighted by molar-refractivity contribution is 7.15. The van der Waals surface area contributed by atoms with E-state index in [-0.39, 0.29) is 5.78 Å². The van der Waals surface area contributed by atoms with Gasteiger partial charge in [0.2, 0.25) is 0 Å². The van der Waals surface area contributed by atoms with Crippen LogP contribution >= 0.6 is 11.3 Å². The van der Waals surface area contributed by atoms with Gasteiger partial charge in [-0.3, -0.25) is 4.79 Å². The standard InChI is InChI=1S/C20H17N3OS/c1-13-19(25-20(23-13)16-6-4-3-5-7-16)12-22-18-10-15(11-21)8-9-17(18)14(2)24/h3-10,22H,12H2,1-2H3. The lowest BCUT2D eigenvalue weighted by molar-refractivity contribution is 0.101. The molecular weight excluding hydrogens is 330 g/mol. The monoisotopic (exact) mass is 347 g/mol. The minimum absolute atomic E-state index is 0.0296. The molecule has 4 nitrogen and oxygen atoms in total. The van der Waals surface area contributed by atoms with Gasteiger partial charge >= 0.3 is 0 Å². The molecule has 0 atom stereocenters. The van der Waals surface area contributed by atoms with E-state index in [4.69, 9.17) is 5.26 Å². The van der Waals surface area contributed by atoms with Crippen LogP contribution in [0.5, 0.6) is 0 Å². The van der Waals surface area contributed by atoms with Gasteiger partial charge in [0.25, 0.3) is 0 Å². The maximum atomic E-state index is 11.8. The summed E-state index contributed by atoms with van der Waals surface area (Å²) in [6.45, 7) is 4.07. The summed E-state index contributed by atoms with van der Waals surface area (Å²) in [6, 6.07) is 17.2. The van der Waals surface area contributed by atoms with Gasteiger partial charge in [-0.15, -0.1) is 11.3 Å². The summed E-state index contributed by atoms with van der Waals surface area (Å²) < 4.78 is 0. The predicted octanol–water partition coefficient (Wildman–Crippen LogP) is 4.80. The summed E-state index contributed by atoms with van der Waals surface area (Å²) in [5.74, 6) is -0.0296. The lowest BCUT2D eigenvalue weighted by Crippen LogP contribution is -2.05. The van der Waals surface area contributed by atoms with Crippen LogP contribution in [0.1, 0.15) is 33.4 Å². The second kappa shape index (κ2) is 7.29. The fraction of sp³-hybridized carbons (Fsp3) is 0.150. The van der Waals surface area contributed by atoms with Crippen molar-refractivity contribution in [2.75, 3.05) is 5.32 Å². The molecule has 3 rings (SSSR count). The van der Waals surface area contributed by atoms with E-state index >= 15 is 0 Å². The summed E-state index contributed by atoms with van der Waals surface area (Å²) in [7, 11) is 0. The lowest BCUT2D eigenvalue weighted by atomic mass is 10.1. The van der Waals surface area contributed by atoms with Gasteiger partial charge in [-0.25, -0.2) is 4.98 Å². The van der Waals surface area contributed by atoms with Crippen LogP contribution in [0, 0.1) is 18.3 Å². The van der Waals surface area contributed by atoms with E-state index in [2.05, 4.69) is 16.4 Å². The molecule has 25 heavy (non-hydrogen) atoms. The number of hydrogen-bond acceptors (Lipinski definition) is 5. The van der Waals surface area contributed by atoms with E-state index in [1.165, 1.54) is 6.92 Å². The van der Waals surface area contributed by atoms with Gasteiger partial charge in [0.1, 0.15) is 5.01 Å². The largest absolute Gasteiger partial charge is 0.379 e. The van der Waals surface area contributed by atoms with Crippen LogP contribution in [0.4, 0.5) is 5.69 Å². The minimum Gasteiger partial charge on any atom is -0.379 e. The van der Waals surface area contributed by atoms with Crippen LogP contribution < -0.4 is 5.32 Å². The second-order valence-electron chi connectivity index (χ2n) is 5.68. The van der Waals surface area contributed by atoms with Crippen LogP contribution in [0.3, 0.4) is 0 Å². The number of carbonyl (C=O) groups is 1. The predicted molar refractivity (Wildman–Crippen MR) is 101 cm³/mol. The molecule has 0 aliphatic carbocycles. The van der Waals surface area contributed by atoms with Gasteiger partial charge in [0.05, 0.1) is 23.9 Å².